The van der Waals surface area contributed by atoms with Gasteiger partial charge in [0.05, 0.1) is 17.2 Å². The van der Waals surface area contributed by atoms with Gasteiger partial charge < -0.3 is 15.0 Å². The second-order valence-electron chi connectivity index (χ2n) is 10.5. The van der Waals surface area contributed by atoms with Crippen molar-refractivity contribution in [2.45, 2.75) is 44.2 Å². The fraction of sp³-hybridized carbons (Fsp3) is 0.257. The number of amides is 2. The molecular formula is C35H37F2N3O5S. The molecule has 1 N–H and O–H groups in total. The Labute approximate surface area is 268 Å². The molecule has 242 valence electrons. The van der Waals surface area contributed by atoms with E-state index in [-0.39, 0.29) is 23.5 Å². The van der Waals surface area contributed by atoms with Gasteiger partial charge in [-0.2, -0.15) is 0 Å². The average molecular weight is 650 g/mol. The second kappa shape index (κ2) is 16.0. The van der Waals surface area contributed by atoms with Crippen molar-refractivity contribution in [1.29, 1.82) is 0 Å². The molecule has 0 saturated carbocycles. The van der Waals surface area contributed by atoms with Crippen LogP contribution in [0.2, 0.25) is 0 Å². The van der Waals surface area contributed by atoms with Gasteiger partial charge in [-0.05, 0) is 85.1 Å². The third-order valence-corrected chi connectivity index (χ3v) is 8.99. The van der Waals surface area contributed by atoms with Crippen LogP contribution in [0.5, 0.6) is 5.75 Å². The minimum atomic E-state index is -4.37. The Morgan fingerprint density at radius 2 is 1.41 bits per heavy atom. The summed E-state index contributed by atoms with van der Waals surface area (Å²) in [4.78, 5) is 29.2. The number of carbonyl (C=O) groups is 2. The van der Waals surface area contributed by atoms with Gasteiger partial charge in [0, 0.05) is 19.5 Å². The maximum Gasteiger partial charge on any atom is 0.264 e. The molecule has 8 nitrogen and oxygen atoms in total. The quantitative estimate of drug-likeness (QED) is 0.178. The Bertz CT molecular complexity index is 1690. The van der Waals surface area contributed by atoms with Crippen molar-refractivity contribution in [3.05, 3.63) is 126 Å². The van der Waals surface area contributed by atoms with Gasteiger partial charge in [0.15, 0.2) is 0 Å². The monoisotopic (exact) mass is 649 g/mol. The number of hydrogen-bond acceptors (Lipinski definition) is 5. The Morgan fingerprint density at radius 3 is 2.00 bits per heavy atom. The van der Waals surface area contributed by atoms with E-state index < -0.39 is 46.1 Å². The molecule has 1 atom stereocenters. The number of sulfonamides is 1. The van der Waals surface area contributed by atoms with Crippen LogP contribution in [0.25, 0.3) is 0 Å². The van der Waals surface area contributed by atoms with Gasteiger partial charge in [0.1, 0.15) is 30.0 Å². The van der Waals surface area contributed by atoms with E-state index in [4.69, 9.17) is 4.74 Å². The lowest BCUT2D eigenvalue weighted by Crippen LogP contribution is -2.53. The highest BCUT2D eigenvalue weighted by Gasteiger charge is 2.34. The molecule has 0 aliphatic heterocycles. The van der Waals surface area contributed by atoms with Crippen molar-refractivity contribution in [3.63, 3.8) is 0 Å². The fourth-order valence-corrected chi connectivity index (χ4v) is 6.26. The third kappa shape index (κ3) is 8.91. The van der Waals surface area contributed by atoms with Crippen LogP contribution in [-0.4, -0.2) is 50.9 Å². The molecule has 0 unspecified atom stereocenters. The van der Waals surface area contributed by atoms with Crippen molar-refractivity contribution >= 4 is 27.5 Å². The summed E-state index contributed by atoms with van der Waals surface area (Å²) in [5.74, 6) is -1.67. The van der Waals surface area contributed by atoms with Crippen LogP contribution in [0.4, 0.5) is 14.5 Å². The number of halogens is 2. The lowest BCUT2D eigenvalue weighted by atomic mass is 10.0. The number of rotatable bonds is 15. The number of benzene rings is 4. The zero-order valence-electron chi connectivity index (χ0n) is 25.7. The summed E-state index contributed by atoms with van der Waals surface area (Å²) in [6.07, 6.45) is 0.805. The van der Waals surface area contributed by atoms with Gasteiger partial charge in [-0.1, -0.05) is 49.4 Å². The topological polar surface area (TPSA) is 96.0 Å². The first kappa shape index (κ1) is 34.1. The van der Waals surface area contributed by atoms with Crippen LogP contribution >= 0.6 is 0 Å². The van der Waals surface area contributed by atoms with Gasteiger partial charge in [-0.3, -0.25) is 13.9 Å². The molecule has 4 aromatic rings. The first-order valence-electron chi connectivity index (χ1n) is 15.0. The van der Waals surface area contributed by atoms with Crippen LogP contribution < -0.4 is 14.4 Å². The summed E-state index contributed by atoms with van der Waals surface area (Å²) in [6.45, 7) is 3.67. The van der Waals surface area contributed by atoms with E-state index in [1.54, 1.807) is 6.92 Å². The van der Waals surface area contributed by atoms with Crippen LogP contribution in [0, 0.1) is 11.6 Å². The first-order chi connectivity index (χ1) is 22.1. The SMILES string of the molecule is CCCNC(=O)[C@H](Cc1ccccc1)N(Cc1ccc(F)cc1)C(=O)CN(c1ccc(F)cc1)S(=O)(=O)c1ccc(OCC)cc1. The number of nitrogens with one attached hydrogen (secondary N) is 1. The van der Waals surface area contributed by atoms with Crippen molar-refractivity contribution in [2.24, 2.45) is 0 Å². The summed E-state index contributed by atoms with van der Waals surface area (Å²) in [5, 5.41) is 2.87. The van der Waals surface area contributed by atoms with Gasteiger partial charge in [0.25, 0.3) is 10.0 Å². The zero-order chi connectivity index (χ0) is 33.1. The van der Waals surface area contributed by atoms with Crippen LogP contribution in [-0.2, 0) is 32.6 Å². The van der Waals surface area contributed by atoms with Crippen LogP contribution in [0.1, 0.15) is 31.4 Å². The Hall–Kier alpha value is -4.77. The van der Waals surface area contributed by atoms with Crippen LogP contribution in [0.15, 0.2) is 108 Å². The second-order valence-corrected chi connectivity index (χ2v) is 12.4. The average Bonchev–Trinajstić information content (AvgIpc) is 3.06. The number of ether oxygens (including phenoxy) is 1. The molecule has 0 fully saturated rings. The van der Waals surface area contributed by atoms with E-state index in [1.807, 2.05) is 37.3 Å². The van der Waals surface area contributed by atoms with E-state index >= 15 is 0 Å². The molecule has 0 heterocycles. The van der Waals surface area contributed by atoms with E-state index in [2.05, 4.69) is 5.32 Å². The van der Waals surface area contributed by atoms with Crippen molar-refractivity contribution in [1.82, 2.24) is 10.2 Å². The van der Waals surface area contributed by atoms with Crippen molar-refractivity contribution in [2.75, 3.05) is 24.0 Å². The molecule has 0 radical (unpaired) electrons. The highest BCUT2D eigenvalue weighted by molar-refractivity contribution is 7.92. The Balaban J connectivity index is 1.78. The largest absolute Gasteiger partial charge is 0.494 e. The number of nitrogens with zero attached hydrogens (tertiary/aromatic N) is 2. The van der Waals surface area contributed by atoms with Gasteiger partial charge >= 0.3 is 0 Å². The summed E-state index contributed by atoms with van der Waals surface area (Å²) in [5.41, 5.74) is 1.38. The lowest BCUT2D eigenvalue weighted by molar-refractivity contribution is -0.140. The molecule has 0 bridgehead atoms. The third-order valence-electron chi connectivity index (χ3n) is 7.20. The molecule has 0 saturated heterocycles. The Morgan fingerprint density at radius 1 is 0.804 bits per heavy atom. The standard InChI is InChI=1S/C35H37F2N3O5S/c1-3-22-38-35(42)33(23-26-8-6-5-7-9-26)39(24-27-10-12-28(36)13-11-27)34(41)25-40(30-16-14-29(37)15-17-30)46(43,44)32-20-18-31(19-21-32)45-4-2/h5-21,33H,3-4,22-25H2,1-2H3,(H,38,42)/t33-/m0/s1. The molecule has 4 rings (SSSR count). The van der Waals surface area contributed by atoms with E-state index in [0.717, 1.165) is 22.0 Å². The predicted octanol–water partition coefficient (Wildman–Crippen LogP) is 5.73. The van der Waals surface area contributed by atoms with E-state index in [9.17, 15) is 26.8 Å². The van der Waals surface area contributed by atoms with E-state index in [0.29, 0.717) is 30.9 Å². The summed E-state index contributed by atoms with van der Waals surface area (Å²) >= 11 is 0. The summed E-state index contributed by atoms with van der Waals surface area (Å²) < 4.78 is 62.2. The molecule has 0 aliphatic carbocycles. The lowest BCUT2D eigenvalue weighted by Gasteiger charge is -2.34. The minimum Gasteiger partial charge on any atom is -0.494 e. The van der Waals surface area contributed by atoms with Gasteiger partial charge in [0.2, 0.25) is 11.8 Å². The highest BCUT2D eigenvalue weighted by Crippen LogP contribution is 2.27. The predicted molar refractivity (Wildman–Crippen MR) is 173 cm³/mol. The smallest absolute Gasteiger partial charge is 0.264 e. The zero-order valence-corrected chi connectivity index (χ0v) is 26.6. The summed E-state index contributed by atoms with van der Waals surface area (Å²) in [7, 11) is -4.37. The number of anilines is 1. The van der Waals surface area contributed by atoms with Gasteiger partial charge in [-0.15, -0.1) is 0 Å². The highest BCUT2D eigenvalue weighted by atomic mass is 32.2. The molecular weight excluding hydrogens is 612 g/mol. The normalized spacial score (nSPS) is 11.8. The minimum absolute atomic E-state index is 0.0559. The molecule has 2 amide bonds. The molecule has 0 spiro atoms. The number of hydrogen-bond donors (Lipinski definition) is 1. The first-order valence-corrected chi connectivity index (χ1v) is 16.4. The molecule has 0 aromatic heterocycles. The molecule has 0 aliphatic rings. The summed E-state index contributed by atoms with van der Waals surface area (Å²) in [6, 6.07) is 24.1. The van der Waals surface area contributed by atoms with Crippen LogP contribution in [0.3, 0.4) is 0 Å². The van der Waals surface area contributed by atoms with Crippen molar-refractivity contribution in [3.8, 4) is 5.75 Å². The Kier molecular flexibility index (Phi) is 11.9. The molecule has 4 aromatic carbocycles. The molecule has 46 heavy (non-hydrogen) atoms. The maximum atomic E-state index is 14.4. The van der Waals surface area contributed by atoms with Crippen molar-refractivity contribution < 1.29 is 31.5 Å². The maximum absolute atomic E-state index is 14.4. The molecule has 11 heteroatoms. The fourth-order valence-electron chi connectivity index (χ4n) is 4.84. The van der Waals surface area contributed by atoms with E-state index in [1.165, 1.54) is 65.6 Å². The van der Waals surface area contributed by atoms with Gasteiger partial charge in [-0.25, -0.2) is 17.2 Å². The number of carbonyl (C=O) groups excluding carboxylic acids is 2.